The van der Waals surface area contributed by atoms with E-state index in [1.807, 2.05) is 6.92 Å². The molecule has 0 bridgehead atoms. The lowest BCUT2D eigenvalue weighted by Gasteiger charge is -2.05. The van der Waals surface area contributed by atoms with Gasteiger partial charge < -0.3 is 14.6 Å². The first kappa shape index (κ1) is 10.8. The van der Waals surface area contributed by atoms with Crippen molar-refractivity contribution in [3.05, 3.63) is 23.7 Å². The van der Waals surface area contributed by atoms with Crippen LogP contribution < -0.4 is 0 Å². The van der Waals surface area contributed by atoms with Gasteiger partial charge in [-0.1, -0.05) is 19.8 Å². The summed E-state index contributed by atoms with van der Waals surface area (Å²) >= 11 is 0. The Morgan fingerprint density at radius 2 is 2.29 bits per heavy atom. The largest absolute Gasteiger partial charge is 0.475 e. The molecule has 0 aliphatic heterocycles. The summed E-state index contributed by atoms with van der Waals surface area (Å²) in [5.74, 6) is -0.912. The molecule has 1 atom stereocenters. The van der Waals surface area contributed by atoms with Gasteiger partial charge >= 0.3 is 5.97 Å². The number of hydrogen-bond donors (Lipinski definition) is 2. The SMILES string of the molecule is CCCCC(O)c1ccc(C(=O)O)o1. The maximum Gasteiger partial charge on any atom is 0.371 e. The number of rotatable bonds is 5. The van der Waals surface area contributed by atoms with E-state index in [9.17, 15) is 9.90 Å². The summed E-state index contributed by atoms with van der Waals surface area (Å²) in [7, 11) is 0. The van der Waals surface area contributed by atoms with Gasteiger partial charge in [-0.2, -0.15) is 0 Å². The van der Waals surface area contributed by atoms with Crippen molar-refractivity contribution < 1.29 is 19.4 Å². The van der Waals surface area contributed by atoms with Crippen LogP contribution in [0.2, 0.25) is 0 Å². The Hall–Kier alpha value is -1.29. The molecular formula is C10H14O4. The van der Waals surface area contributed by atoms with Crippen LogP contribution in [0, 0.1) is 0 Å². The zero-order valence-electron chi connectivity index (χ0n) is 8.06. The molecule has 0 aromatic carbocycles. The molecule has 1 aromatic heterocycles. The number of hydrogen-bond acceptors (Lipinski definition) is 3. The lowest BCUT2D eigenvalue weighted by atomic mass is 10.1. The number of aromatic carboxylic acids is 1. The lowest BCUT2D eigenvalue weighted by molar-refractivity contribution is 0.0649. The fraction of sp³-hybridized carbons (Fsp3) is 0.500. The molecule has 0 aliphatic carbocycles. The van der Waals surface area contributed by atoms with Gasteiger partial charge in [0.2, 0.25) is 5.76 Å². The summed E-state index contributed by atoms with van der Waals surface area (Å²) in [5, 5.41) is 18.1. The highest BCUT2D eigenvalue weighted by atomic mass is 16.4. The van der Waals surface area contributed by atoms with Crippen LogP contribution in [0.3, 0.4) is 0 Å². The number of carboxylic acids is 1. The third kappa shape index (κ3) is 2.60. The van der Waals surface area contributed by atoms with Crippen LogP contribution >= 0.6 is 0 Å². The van der Waals surface area contributed by atoms with Gasteiger partial charge in [0.15, 0.2) is 0 Å². The lowest BCUT2D eigenvalue weighted by Crippen LogP contribution is -1.96. The van der Waals surface area contributed by atoms with Crippen LogP contribution in [0.1, 0.15) is 48.6 Å². The van der Waals surface area contributed by atoms with Crippen molar-refractivity contribution >= 4 is 5.97 Å². The van der Waals surface area contributed by atoms with Crippen LogP contribution in [0.4, 0.5) is 0 Å². The summed E-state index contributed by atoms with van der Waals surface area (Å²) in [6.45, 7) is 2.03. The second-order valence-corrected chi connectivity index (χ2v) is 3.17. The van der Waals surface area contributed by atoms with Crippen molar-refractivity contribution in [2.45, 2.75) is 32.3 Å². The Kier molecular flexibility index (Phi) is 3.71. The Morgan fingerprint density at radius 1 is 1.57 bits per heavy atom. The zero-order chi connectivity index (χ0) is 10.6. The van der Waals surface area contributed by atoms with Gasteiger partial charge in [-0.25, -0.2) is 4.79 Å². The van der Waals surface area contributed by atoms with Crippen molar-refractivity contribution in [3.8, 4) is 0 Å². The van der Waals surface area contributed by atoms with E-state index in [4.69, 9.17) is 9.52 Å². The molecule has 0 fully saturated rings. The molecule has 0 saturated heterocycles. The first-order chi connectivity index (χ1) is 6.65. The van der Waals surface area contributed by atoms with Gasteiger partial charge in [0.1, 0.15) is 11.9 Å². The van der Waals surface area contributed by atoms with E-state index >= 15 is 0 Å². The third-order valence-corrected chi connectivity index (χ3v) is 2.00. The fourth-order valence-corrected chi connectivity index (χ4v) is 1.19. The molecular weight excluding hydrogens is 184 g/mol. The maximum absolute atomic E-state index is 10.5. The van der Waals surface area contributed by atoms with Gasteiger partial charge in [-0.05, 0) is 18.6 Å². The van der Waals surface area contributed by atoms with E-state index in [-0.39, 0.29) is 5.76 Å². The number of unbranched alkanes of at least 4 members (excludes halogenated alkanes) is 1. The molecule has 1 aromatic rings. The van der Waals surface area contributed by atoms with E-state index in [0.717, 1.165) is 12.8 Å². The number of aliphatic hydroxyl groups excluding tert-OH is 1. The summed E-state index contributed by atoms with van der Waals surface area (Å²) in [4.78, 5) is 10.5. The quantitative estimate of drug-likeness (QED) is 0.760. The summed E-state index contributed by atoms with van der Waals surface area (Å²) in [5.41, 5.74) is 0. The predicted octanol–water partition coefficient (Wildman–Crippen LogP) is 2.20. The van der Waals surface area contributed by atoms with Crippen LogP contribution in [0.15, 0.2) is 16.5 Å². The molecule has 78 valence electrons. The molecule has 0 amide bonds. The number of aliphatic hydroxyl groups is 1. The monoisotopic (exact) mass is 198 g/mol. The summed E-state index contributed by atoms with van der Waals surface area (Å²) in [6, 6.07) is 2.86. The highest BCUT2D eigenvalue weighted by Crippen LogP contribution is 2.21. The van der Waals surface area contributed by atoms with Crippen molar-refractivity contribution in [3.63, 3.8) is 0 Å². The third-order valence-electron chi connectivity index (χ3n) is 2.00. The topological polar surface area (TPSA) is 70.7 Å². The average molecular weight is 198 g/mol. The normalized spacial score (nSPS) is 12.7. The number of furan rings is 1. The van der Waals surface area contributed by atoms with Crippen molar-refractivity contribution in [2.24, 2.45) is 0 Å². The molecule has 1 unspecified atom stereocenters. The van der Waals surface area contributed by atoms with Gasteiger partial charge in [0, 0.05) is 0 Å². The minimum absolute atomic E-state index is 0.129. The highest BCUT2D eigenvalue weighted by molar-refractivity contribution is 5.84. The molecule has 0 saturated carbocycles. The fourth-order valence-electron chi connectivity index (χ4n) is 1.19. The standard InChI is InChI=1S/C10H14O4/c1-2-3-4-7(11)8-5-6-9(14-8)10(12)13/h5-7,11H,2-4H2,1H3,(H,12,13). The van der Waals surface area contributed by atoms with Gasteiger partial charge in [0.25, 0.3) is 0 Å². The minimum Gasteiger partial charge on any atom is -0.475 e. The molecule has 0 aliphatic rings. The van der Waals surface area contributed by atoms with Crippen LogP contribution in [0.25, 0.3) is 0 Å². The van der Waals surface area contributed by atoms with Crippen molar-refractivity contribution in [1.29, 1.82) is 0 Å². The van der Waals surface area contributed by atoms with Gasteiger partial charge in [-0.15, -0.1) is 0 Å². The maximum atomic E-state index is 10.5. The van der Waals surface area contributed by atoms with E-state index in [1.54, 1.807) is 0 Å². The van der Waals surface area contributed by atoms with E-state index in [0.29, 0.717) is 12.2 Å². The number of carboxylic acid groups (broad SMARTS) is 1. The summed E-state index contributed by atoms with van der Waals surface area (Å²) in [6.07, 6.45) is 1.79. The smallest absolute Gasteiger partial charge is 0.371 e. The molecule has 0 spiro atoms. The highest BCUT2D eigenvalue weighted by Gasteiger charge is 2.14. The van der Waals surface area contributed by atoms with E-state index in [2.05, 4.69) is 0 Å². The first-order valence-corrected chi connectivity index (χ1v) is 4.66. The molecule has 14 heavy (non-hydrogen) atoms. The molecule has 4 nitrogen and oxygen atoms in total. The van der Waals surface area contributed by atoms with Gasteiger partial charge in [0.05, 0.1) is 0 Å². The first-order valence-electron chi connectivity index (χ1n) is 4.66. The van der Waals surface area contributed by atoms with Crippen molar-refractivity contribution in [1.82, 2.24) is 0 Å². The predicted molar refractivity (Wildman–Crippen MR) is 50.2 cm³/mol. The Bertz CT molecular complexity index is 303. The second kappa shape index (κ2) is 4.81. The summed E-state index contributed by atoms with van der Waals surface area (Å²) < 4.78 is 4.95. The second-order valence-electron chi connectivity index (χ2n) is 3.17. The Morgan fingerprint density at radius 3 is 2.79 bits per heavy atom. The average Bonchev–Trinajstić information content (AvgIpc) is 2.62. The molecule has 1 rings (SSSR count). The Balaban J connectivity index is 2.61. The molecule has 2 N–H and O–H groups in total. The molecule has 0 radical (unpaired) electrons. The van der Waals surface area contributed by atoms with Gasteiger partial charge in [-0.3, -0.25) is 0 Å². The van der Waals surface area contributed by atoms with Crippen LogP contribution in [0.5, 0.6) is 0 Å². The van der Waals surface area contributed by atoms with Crippen molar-refractivity contribution in [2.75, 3.05) is 0 Å². The van der Waals surface area contributed by atoms with E-state index in [1.165, 1.54) is 12.1 Å². The Labute approximate surface area is 82.2 Å². The molecule has 4 heteroatoms. The molecule has 1 heterocycles. The van der Waals surface area contributed by atoms with Crippen LogP contribution in [-0.2, 0) is 0 Å². The minimum atomic E-state index is -1.11. The van der Waals surface area contributed by atoms with E-state index < -0.39 is 12.1 Å². The zero-order valence-corrected chi connectivity index (χ0v) is 8.06. The van der Waals surface area contributed by atoms with Crippen LogP contribution in [-0.4, -0.2) is 16.2 Å². The number of carbonyl (C=O) groups is 1.